The van der Waals surface area contributed by atoms with Crippen molar-refractivity contribution < 1.29 is 0 Å². The Kier molecular flexibility index (Phi) is 6.64. The van der Waals surface area contributed by atoms with Gasteiger partial charge in [-0.25, -0.2) is 9.97 Å². The molecule has 0 unspecified atom stereocenters. The van der Waals surface area contributed by atoms with Crippen LogP contribution in [0, 0.1) is 6.92 Å². The maximum atomic E-state index is 4.87. The first kappa shape index (κ1) is 20.4. The minimum Gasteiger partial charge on any atom is -0.355 e. The number of thioether (sulfide) groups is 1. The molecule has 1 aromatic carbocycles. The predicted molar refractivity (Wildman–Crippen MR) is 129 cm³/mol. The lowest BCUT2D eigenvalue weighted by atomic mass is 10.1. The summed E-state index contributed by atoms with van der Waals surface area (Å²) in [6, 6.07) is 10.3. The molecule has 0 spiro atoms. The number of hydrogen-bond donors (Lipinski definition) is 1. The third-order valence-corrected chi connectivity index (χ3v) is 5.94. The Hall–Kier alpha value is -2.86. The lowest BCUT2D eigenvalue weighted by Crippen LogP contribution is -2.33. The van der Waals surface area contributed by atoms with Crippen molar-refractivity contribution in [3.05, 3.63) is 71.3 Å². The molecule has 6 heteroatoms. The van der Waals surface area contributed by atoms with Crippen molar-refractivity contribution in [1.29, 1.82) is 0 Å². The molecule has 154 valence electrons. The molecule has 1 fully saturated rings. The first-order valence-electron chi connectivity index (χ1n) is 10.3. The van der Waals surface area contributed by atoms with Crippen LogP contribution in [0.5, 0.6) is 0 Å². The minimum atomic E-state index is 0.711. The lowest BCUT2D eigenvalue weighted by Gasteiger charge is -2.27. The van der Waals surface area contributed by atoms with E-state index in [1.54, 1.807) is 0 Å². The maximum absolute atomic E-state index is 4.87. The zero-order valence-corrected chi connectivity index (χ0v) is 18.3. The van der Waals surface area contributed by atoms with Crippen molar-refractivity contribution in [2.75, 3.05) is 34.9 Å². The van der Waals surface area contributed by atoms with Gasteiger partial charge in [0.1, 0.15) is 5.82 Å². The van der Waals surface area contributed by atoms with Crippen molar-refractivity contribution in [2.24, 2.45) is 5.10 Å². The Balaban J connectivity index is 1.61. The SMILES string of the molecule is CC1=CC=CCC(/C=N/Nc2cc(N3CCSCC3)nc(-c3cccc(C)c3)n2)=C1. The number of rotatable bonds is 5. The Morgan fingerprint density at radius 1 is 1.13 bits per heavy atom. The van der Waals surface area contributed by atoms with Crippen molar-refractivity contribution in [3.63, 3.8) is 0 Å². The predicted octanol–water partition coefficient (Wildman–Crippen LogP) is 5.24. The van der Waals surface area contributed by atoms with Gasteiger partial charge in [-0.3, -0.25) is 5.43 Å². The van der Waals surface area contributed by atoms with Gasteiger partial charge in [-0.1, -0.05) is 53.6 Å². The van der Waals surface area contributed by atoms with Gasteiger partial charge in [0, 0.05) is 36.2 Å². The number of nitrogens with zero attached hydrogens (tertiary/aromatic N) is 4. The van der Waals surface area contributed by atoms with Gasteiger partial charge < -0.3 is 4.90 Å². The van der Waals surface area contributed by atoms with E-state index in [4.69, 9.17) is 9.97 Å². The number of anilines is 2. The molecular formula is C24H27N5S. The third-order valence-electron chi connectivity index (χ3n) is 5.00. The topological polar surface area (TPSA) is 53.4 Å². The minimum absolute atomic E-state index is 0.711. The van der Waals surface area contributed by atoms with Crippen LogP contribution in [0.3, 0.4) is 0 Å². The second-order valence-corrected chi connectivity index (χ2v) is 8.76. The van der Waals surface area contributed by atoms with Crippen LogP contribution in [0.25, 0.3) is 11.4 Å². The number of allylic oxidation sites excluding steroid dienone is 6. The van der Waals surface area contributed by atoms with E-state index in [-0.39, 0.29) is 0 Å². The second kappa shape index (κ2) is 9.76. The fourth-order valence-corrected chi connectivity index (χ4v) is 4.36. The fourth-order valence-electron chi connectivity index (χ4n) is 3.45. The van der Waals surface area contributed by atoms with E-state index < -0.39 is 0 Å². The highest BCUT2D eigenvalue weighted by molar-refractivity contribution is 7.99. The molecule has 1 aliphatic carbocycles. The smallest absolute Gasteiger partial charge is 0.163 e. The van der Waals surface area contributed by atoms with Gasteiger partial charge in [0.2, 0.25) is 0 Å². The van der Waals surface area contributed by atoms with E-state index in [0.717, 1.165) is 53.8 Å². The molecule has 2 aliphatic rings. The van der Waals surface area contributed by atoms with Gasteiger partial charge in [-0.2, -0.15) is 16.9 Å². The monoisotopic (exact) mass is 417 g/mol. The van der Waals surface area contributed by atoms with Crippen LogP contribution in [0.15, 0.2) is 70.9 Å². The summed E-state index contributed by atoms with van der Waals surface area (Å²) in [6.45, 7) is 6.19. The average molecular weight is 418 g/mol. The zero-order valence-electron chi connectivity index (χ0n) is 17.5. The summed E-state index contributed by atoms with van der Waals surface area (Å²) >= 11 is 1.99. The summed E-state index contributed by atoms with van der Waals surface area (Å²) in [5, 5.41) is 4.46. The Bertz CT molecular complexity index is 1020. The number of aryl methyl sites for hydroxylation is 1. The Labute approximate surface area is 182 Å². The van der Waals surface area contributed by atoms with Crippen LogP contribution < -0.4 is 10.3 Å². The first-order chi connectivity index (χ1) is 14.7. The van der Waals surface area contributed by atoms with E-state index >= 15 is 0 Å². The van der Waals surface area contributed by atoms with E-state index in [1.165, 1.54) is 11.1 Å². The quantitative estimate of drug-likeness (QED) is 0.533. The summed E-state index contributed by atoms with van der Waals surface area (Å²) in [7, 11) is 0. The summed E-state index contributed by atoms with van der Waals surface area (Å²) in [6.07, 6.45) is 11.2. The summed E-state index contributed by atoms with van der Waals surface area (Å²) in [4.78, 5) is 11.9. The highest BCUT2D eigenvalue weighted by atomic mass is 32.2. The van der Waals surface area contributed by atoms with Gasteiger partial charge in [0.25, 0.3) is 0 Å². The van der Waals surface area contributed by atoms with Crippen LogP contribution in [0.2, 0.25) is 0 Å². The van der Waals surface area contributed by atoms with Crippen LogP contribution in [0.1, 0.15) is 18.9 Å². The molecule has 0 radical (unpaired) electrons. The number of benzene rings is 1. The van der Waals surface area contributed by atoms with Crippen LogP contribution in [-0.4, -0.2) is 40.8 Å². The van der Waals surface area contributed by atoms with E-state index in [0.29, 0.717) is 5.82 Å². The fraction of sp³-hybridized carbons (Fsp3) is 0.292. The summed E-state index contributed by atoms with van der Waals surface area (Å²) in [5.74, 6) is 4.64. The molecule has 0 amide bonds. The molecule has 1 saturated heterocycles. The number of hydrogen-bond acceptors (Lipinski definition) is 6. The molecule has 2 aromatic rings. The standard InChI is InChI=1S/C24H27N5S/c1-18-6-3-4-8-20(14-18)17-25-28-22-16-23(29-10-12-30-13-11-29)27-24(26-22)21-9-5-7-19(2)15-21/h3-7,9,14-17H,8,10-13H2,1-2H3,(H,26,27,28)/b25-17+. The number of nitrogens with one attached hydrogen (secondary N) is 1. The molecule has 30 heavy (non-hydrogen) atoms. The van der Waals surface area contributed by atoms with Gasteiger partial charge in [-0.05, 0) is 31.9 Å². The molecular weight excluding hydrogens is 390 g/mol. The average Bonchev–Trinajstić information content (AvgIpc) is 2.98. The van der Waals surface area contributed by atoms with Gasteiger partial charge in [0.15, 0.2) is 11.6 Å². The van der Waals surface area contributed by atoms with Crippen LogP contribution in [-0.2, 0) is 0 Å². The molecule has 2 heterocycles. The molecule has 0 bridgehead atoms. The summed E-state index contributed by atoms with van der Waals surface area (Å²) in [5.41, 5.74) is 7.73. The normalized spacial score (nSPS) is 16.9. The van der Waals surface area contributed by atoms with Crippen molar-refractivity contribution >= 4 is 29.6 Å². The highest BCUT2D eigenvalue weighted by Gasteiger charge is 2.15. The molecule has 1 aliphatic heterocycles. The highest BCUT2D eigenvalue weighted by Crippen LogP contribution is 2.25. The van der Waals surface area contributed by atoms with Gasteiger partial charge >= 0.3 is 0 Å². The number of aromatic nitrogens is 2. The van der Waals surface area contributed by atoms with Gasteiger partial charge in [0.05, 0.1) is 6.21 Å². The van der Waals surface area contributed by atoms with Gasteiger partial charge in [-0.15, -0.1) is 0 Å². The molecule has 5 nitrogen and oxygen atoms in total. The van der Waals surface area contributed by atoms with E-state index in [9.17, 15) is 0 Å². The third kappa shape index (κ3) is 5.39. The summed E-state index contributed by atoms with van der Waals surface area (Å²) < 4.78 is 0. The van der Waals surface area contributed by atoms with Crippen molar-refractivity contribution in [3.8, 4) is 11.4 Å². The van der Waals surface area contributed by atoms with E-state index in [1.807, 2.05) is 30.1 Å². The molecule has 4 rings (SSSR count). The largest absolute Gasteiger partial charge is 0.355 e. The van der Waals surface area contributed by atoms with E-state index in [2.05, 4.69) is 71.8 Å². The zero-order chi connectivity index (χ0) is 20.8. The maximum Gasteiger partial charge on any atom is 0.163 e. The second-order valence-electron chi connectivity index (χ2n) is 7.54. The first-order valence-corrected chi connectivity index (χ1v) is 11.4. The van der Waals surface area contributed by atoms with Crippen LogP contribution in [0.4, 0.5) is 11.6 Å². The molecule has 1 aromatic heterocycles. The molecule has 0 atom stereocenters. The molecule has 0 saturated carbocycles. The molecule has 1 N–H and O–H groups in total. The Morgan fingerprint density at radius 2 is 2.00 bits per heavy atom. The van der Waals surface area contributed by atoms with Crippen molar-refractivity contribution in [2.45, 2.75) is 20.3 Å². The van der Waals surface area contributed by atoms with Crippen LogP contribution >= 0.6 is 11.8 Å². The van der Waals surface area contributed by atoms with Crippen molar-refractivity contribution in [1.82, 2.24) is 9.97 Å². The lowest BCUT2D eigenvalue weighted by molar-refractivity contribution is 0.836. The Morgan fingerprint density at radius 3 is 2.83 bits per heavy atom. The number of hydrazone groups is 1.